The molecule has 0 spiro atoms. The molecular weight excluding hydrogens is 386 g/mol. The second-order valence-corrected chi connectivity index (χ2v) is 7.53. The summed E-state index contributed by atoms with van der Waals surface area (Å²) in [5, 5.41) is 0. The molecule has 0 aliphatic heterocycles. The molecule has 162 valence electrons. The van der Waals surface area contributed by atoms with Gasteiger partial charge in [0.2, 0.25) is 6.54 Å². The van der Waals surface area contributed by atoms with Crippen molar-refractivity contribution in [1.29, 1.82) is 0 Å². The lowest BCUT2D eigenvalue weighted by atomic mass is 10.1. The average molecular weight is 416 g/mol. The number of aromatic nitrogens is 1. The number of esters is 1. The van der Waals surface area contributed by atoms with Gasteiger partial charge in [0.25, 0.3) is 0 Å². The largest absolute Gasteiger partial charge is 0.464 e. The van der Waals surface area contributed by atoms with Crippen LogP contribution < -0.4 is 14.0 Å². The van der Waals surface area contributed by atoms with E-state index in [9.17, 15) is 4.79 Å². The fourth-order valence-electron chi connectivity index (χ4n) is 2.51. The first-order valence-corrected chi connectivity index (χ1v) is 9.57. The van der Waals surface area contributed by atoms with Crippen molar-refractivity contribution >= 4 is 18.1 Å². The molecule has 0 saturated heterocycles. The summed E-state index contributed by atoms with van der Waals surface area (Å²) in [6.07, 6.45) is 7.63. The van der Waals surface area contributed by atoms with Crippen LogP contribution in [-0.2, 0) is 25.5 Å². The van der Waals surface area contributed by atoms with E-state index in [0.29, 0.717) is 11.5 Å². The molecule has 1 aromatic carbocycles. The molecule has 7 nitrogen and oxygen atoms in total. The van der Waals surface area contributed by atoms with Crippen molar-refractivity contribution in [3.05, 3.63) is 53.9 Å². The number of carbonyl (C=O) groups is 1. The molecule has 30 heavy (non-hydrogen) atoms. The SMILES string of the molecule is COCOc1ccc(/C=C/c2cc[n+](CC(=O)OC(C)(C)C)cc2)cc1OCOC. The summed E-state index contributed by atoms with van der Waals surface area (Å²) in [4.78, 5) is 11.9. The first-order valence-electron chi connectivity index (χ1n) is 9.57. The molecule has 7 heteroatoms. The van der Waals surface area contributed by atoms with Gasteiger partial charge in [-0.25, -0.2) is 4.79 Å². The van der Waals surface area contributed by atoms with Crippen molar-refractivity contribution < 1.29 is 33.0 Å². The Bertz CT molecular complexity index is 840. The summed E-state index contributed by atoms with van der Waals surface area (Å²) >= 11 is 0. The molecule has 0 amide bonds. The summed E-state index contributed by atoms with van der Waals surface area (Å²) in [7, 11) is 3.12. The molecule has 0 unspecified atom stereocenters. The molecule has 0 radical (unpaired) electrons. The highest BCUT2D eigenvalue weighted by molar-refractivity contribution is 5.71. The van der Waals surface area contributed by atoms with Gasteiger partial charge in [0, 0.05) is 26.4 Å². The van der Waals surface area contributed by atoms with Crippen LogP contribution in [0, 0.1) is 0 Å². The number of methoxy groups -OCH3 is 2. The average Bonchev–Trinajstić information content (AvgIpc) is 2.69. The maximum Gasteiger partial charge on any atom is 0.373 e. The van der Waals surface area contributed by atoms with E-state index >= 15 is 0 Å². The van der Waals surface area contributed by atoms with Crippen molar-refractivity contribution in [2.24, 2.45) is 0 Å². The number of rotatable bonds is 10. The molecule has 0 aliphatic rings. The second kappa shape index (κ2) is 11.3. The third-order valence-corrected chi connectivity index (χ3v) is 3.75. The van der Waals surface area contributed by atoms with Crippen LogP contribution in [0.25, 0.3) is 12.2 Å². The van der Waals surface area contributed by atoms with Crippen molar-refractivity contribution in [2.75, 3.05) is 27.8 Å². The van der Waals surface area contributed by atoms with Crippen LogP contribution in [0.2, 0.25) is 0 Å². The molecule has 1 heterocycles. The number of hydrogen-bond acceptors (Lipinski definition) is 6. The minimum atomic E-state index is -0.490. The van der Waals surface area contributed by atoms with E-state index in [1.54, 1.807) is 18.8 Å². The number of nitrogens with zero attached hydrogens (tertiary/aromatic N) is 1. The lowest BCUT2D eigenvalue weighted by molar-refractivity contribution is -0.686. The van der Waals surface area contributed by atoms with E-state index in [0.717, 1.165) is 11.1 Å². The number of carbonyl (C=O) groups excluding carboxylic acids is 1. The van der Waals surface area contributed by atoms with Gasteiger partial charge in [-0.2, -0.15) is 4.57 Å². The fraction of sp³-hybridized carbons (Fsp3) is 0.391. The van der Waals surface area contributed by atoms with Crippen LogP contribution in [0.4, 0.5) is 0 Å². The van der Waals surface area contributed by atoms with Gasteiger partial charge in [-0.15, -0.1) is 0 Å². The first-order chi connectivity index (χ1) is 14.3. The topological polar surface area (TPSA) is 67.1 Å². The summed E-state index contributed by atoms with van der Waals surface area (Å²) in [6, 6.07) is 9.47. The fourth-order valence-corrected chi connectivity index (χ4v) is 2.51. The summed E-state index contributed by atoms with van der Waals surface area (Å²) in [5.41, 5.74) is 1.45. The van der Waals surface area contributed by atoms with E-state index in [-0.39, 0.29) is 26.1 Å². The Balaban J connectivity index is 2.04. The zero-order valence-corrected chi connectivity index (χ0v) is 18.2. The van der Waals surface area contributed by atoms with E-state index in [1.807, 2.05) is 75.6 Å². The Morgan fingerprint density at radius 1 is 0.900 bits per heavy atom. The highest BCUT2D eigenvalue weighted by Gasteiger charge is 2.19. The minimum Gasteiger partial charge on any atom is -0.464 e. The standard InChI is InChI=1S/C23H30NO6/c1-23(2,3)30-22(25)15-24-12-10-18(11-13-24)6-7-19-8-9-20(28-16-26-4)21(14-19)29-17-27-5/h6-14H,15-17H2,1-5H3/q+1/b7-6+. The first kappa shape index (κ1) is 23.4. The summed E-state index contributed by atoms with van der Waals surface area (Å²) < 4.78 is 28.1. The van der Waals surface area contributed by atoms with Crippen LogP contribution in [-0.4, -0.2) is 39.4 Å². The lowest BCUT2D eigenvalue weighted by Crippen LogP contribution is -2.40. The molecule has 0 atom stereocenters. The Morgan fingerprint density at radius 2 is 1.50 bits per heavy atom. The minimum absolute atomic E-state index is 0.118. The van der Waals surface area contributed by atoms with Crippen molar-refractivity contribution in [3.63, 3.8) is 0 Å². The molecule has 2 aromatic rings. The molecule has 0 N–H and O–H groups in total. The zero-order chi connectivity index (χ0) is 22.0. The second-order valence-electron chi connectivity index (χ2n) is 7.53. The normalized spacial score (nSPS) is 11.5. The van der Waals surface area contributed by atoms with Gasteiger partial charge in [-0.3, -0.25) is 0 Å². The van der Waals surface area contributed by atoms with Crippen molar-refractivity contribution in [2.45, 2.75) is 32.9 Å². The van der Waals surface area contributed by atoms with Gasteiger partial charge in [-0.05, 0) is 44.0 Å². The maximum absolute atomic E-state index is 11.9. The maximum atomic E-state index is 11.9. The Morgan fingerprint density at radius 3 is 2.10 bits per heavy atom. The number of ether oxygens (including phenoxy) is 5. The van der Waals surface area contributed by atoms with Crippen LogP contribution in [0.3, 0.4) is 0 Å². The molecule has 0 bridgehead atoms. The predicted molar refractivity (Wildman–Crippen MR) is 113 cm³/mol. The molecular formula is C23H30NO6+. The van der Waals surface area contributed by atoms with Gasteiger partial charge in [-0.1, -0.05) is 18.2 Å². The van der Waals surface area contributed by atoms with Gasteiger partial charge in [0.05, 0.1) is 0 Å². The molecule has 1 aromatic heterocycles. The Kier molecular flexibility index (Phi) is 8.83. The summed E-state index contributed by atoms with van der Waals surface area (Å²) in [6.45, 7) is 5.98. The quantitative estimate of drug-likeness (QED) is 0.336. The highest BCUT2D eigenvalue weighted by atomic mass is 16.7. The van der Waals surface area contributed by atoms with Crippen LogP contribution in [0.5, 0.6) is 11.5 Å². The molecule has 0 saturated carbocycles. The molecule has 2 rings (SSSR count). The van der Waals surface area contributed by atoms with Crippen LogP contribution in [0.15, 0.2) is 42.7 Å². The number of benzene rings is 1. The molecule has 0 aliphatic carbocycles. The van der Waals surface area contributed by atoms with E-state index in [2.05, 4.69) is 0 Å². The number of pyridine rings is 1. The van der Waals surface area contributed by atoms with Crippen LogP contribution >= 0.6 is 0 Å². The van der Waals surface area contributed by atoms with Gasteiger partial charge in [0.15, 0.2) is 37.5 Å². The third kappa shape index (κ3) is 8.23. The Labute approximate surface area is 177 Å². The summed E-state index contributed by atoms with van der Waals surface area (Å²) in [5.74, 6) is 0.878. The lowest BCUT2D eigenvalue weighted by Gasteiger charge is -2.18. The third-order valence-electron chi connectivity index (χ3n) is 3.75. The monoisotopic (exact) mass is 416 g/mol. The predicted octanol–water partition coefficient (Wildman–Crippen LogP) is 3.45. The van der Waals surface area contributed by atoms with Crippen molar-refractivity contribution in [1.82, 2.24) is 0 Å². The van der Waals surface area contributed by atoms with Crippen LogP contribution in [0.1, 0.15) is 31.9 Å². The van der Waals surface area contributed by atoms with E-state index in [1.165, 1.54) is 0 Å². The van der Waals surface area contributed by atoms with Gasteiger partial charge in [0.1, 0.15) is 5.60 Å². The van der Waals surface area contributed by atoms with Crippen molar-refractivity contribution in [3.8, 4) is 11.5 Å². The smallest absolute Gasteiger partial charge is 0.373 e. The zero-order valence-electron chi connectivity index (χ0n) is 18.2. The highest BCUT2D eigenvalue weighted by Crippen LogP contribution is 2.29. The van der Waals surface area contributed by atoms with E-state index in [4.69, 9.17) is 23.7 Å². The number of hydrogen-bond donors (Lipinski definition) is 0. The van der Waals surface area contributed by atoms with Gasteiger partial charge < -0.3 is 23.7 Å². The Hall–Kier alpha value is -2.90. The molecule has 0 fully saturated rings. The van der Waals surface area contributed by atoms with Gasteiger partial charge >= 0.3 is 5.97 Å². The van der Waals surface area contributed by atoms with E-state index < -0.39 is 5.60 Å².